The monoisotopic (exact) mass is 720 g/mol. The van der Waals surface area contributed by atoms with E-state index in [9.17, 15) is 18.0 Å². The summed E-state index contributed by atoms with van der Waals surface area (Å²) in [6.07, 6.45) is 4.46. The van der Waals surface area contributed by atoms with Crippen molar-refractivity contribution in [2.45, 2.75) is 111 Å². The highest BCUT2D eigenvalue weighted by atomic mass is 35.5. The first-order valence-corrected chi connectivity index (χ1v) is 19.4. The van der Waals surface area contributed by atoms with Gasteiger partial charge in [0.25, 0.3) is 0 Å². The molecule has 8 heteroatoms. The van der Waals surface area contributed by atoms with Crippen molar-refractivity contribution in [3.63, 3.8) is 0 Å². The lowest BCUT2D eigenvalue weighted by molar-refractivity contribution is -0.274. The molecule has 5 aliphatic carbocycles. The van der Waals surface area contributed by atoms with E-state index >= 15 is 0 Å². The lowest BCUT2D eigenvalue weighted by Gasteiger charge is -2.72. The maximum atomic E-state index is 14.6. The summed E-state index contributed by atoms with van der Waals surface area (Å²) in [5, 5.41) is 5.20. The van der Waals surface area contributed by atoms with Crippen LogP contribution in [0.15, 0.2) is 54.6 Å². The van der Waals surface area contributed by atoms with Gasteiger partial charge in [0.15, 0.2) is 0 Å². The van der Waals surface area contributed by atoms with Crippen LogP contribution in [-0.2, 0) is 16.6 Å². The van der Waals surface area contributed by atoms with Crippen LogP contribution in [-0.4, -0.2) is 17.3 Å². The zero-order chi connectivity index (χ0) is 36.5. The van der Waals surface area contributed by atoms with Crippen LogP contribution in [0.2, 0.25) is 5.02 Å². The smallest absolute Gasteiger partial charge is 0.406 e. The highest BCUT2D eigenvalue weighted by Gasteiger charge is 2.72. The predicted octanol–water partition coefficient (Wildman–Crippen LogP) is 12.0. The van der Waals surface area contributed by atoms with Gasteiger partial charge in [-0.25, -0.2) is 0 Å². The first kappa shape index (κ1) is 35.1. The van der Waals surface area contributed by atoms with Crippen LogP contribution in [0.5, 0.6) is 5.75 Å². The van der Waals surface area contributed by atoms with Crippen molar-refractivity contribution < 1.29 is 22.7 Å². The number of aromatic nitrogens is 1. The first-order valence-electron chi connectivity index (χ1n) is 19.0. The summed E-state index contributed by atoms with van der Waals surface area (Å²) in [5.74, 6) is 1.62. The molecule has 0 saturated heterocycles. The molecule has 4 fully saturated rings. The van der Waals surface area contributed by atoms with Gasteiger partial charge in [0.05, 0.1) is 5.41 Å². The molecule has 1 amide bonds. The number of nitrogens with one attached hydrogen (secondary N) is 2. The van der Waals surface area contributed by atoms with Crippen molar-refractivity contribution in [1.82, 2.24) is 4.98 Å². The number of halogens is 4. The van der Waals surface area contributed by atoms with E-state index < -0.39 is 11.8 Å². The van der Waals surface area contributed by atoms with Crippen molar-refractivity contribution in [2.24, 2.45) is 51.2 Å². The van der Waals surface area contributed by atoms with E-state index in [2.05, 4.69) is 75.3 Å². The Bertz CT molecular complexity index is 1920. The third kappa shape index (κ3) is 4.94. The number of rotatable bonds is 4. The lowest BCUT2D eigenvalue weighted by Crippen LogP contribution is -2.67. The summed E-state index contributed by atoms with van der Waals surface area (Å²) in [4.78, 5) is 18.4. The van der Waals surface area contributed by atoms with E-state index in [0.717, 1.165) is 55.5 Å². The molecule has 2 aromatic carbocycles. The Morgan fingerprint density at radius 2 is 1.65 bits per heavy atom. The Morgan fingerprint density at radius 1 is 0.922 bits per heavy atom. The van der Waals surface area contributed by atoms with E-state index in [0.29, 0.717) is 23.4 Å². The fourth-order valence-electron chi connectivity index (χ4n) is 13.8. The molecule has 4 unspecified atom stereocenters. The minimum atomic E-state index is -4.76. The second-order valence-electron chi connectivity index (χ2n) is 18.4. The van der Waals surface area contributed by atoms with Crippen molar-refractivity contribution in [2.75, 3.05) is 5.32 Å². The number of H-pyrrole nitrogens is 1. The van der Waals surface area contributed by atoms with E-state index in [1.807, 2.05) is 6.07 Å². The maximum Gasteiger partial charge on any atom is 0.573 e. The van der Waals surface area contributed by atoms with Gasteiger partial charge >= 0.3 is 6.36 Å². The second-order valence-corrected chi connectivity index (χ2v) is 18.9. The zero-order valence-electron chi connectivity index (χ0n) is 30.8. The second kappa shape index (κ2) is 11.3. The van der Waals surface area contributed by atoms with Crippen molar-refractivity contribution in [3.05, 3.63) is 70.9 Å². The fraction of sp³-hybridized carbons (Fsp3) is 0.605. The number of amides is 1. The highest BCUT2D eigenvalue weighted by molar-refractivity contribution is 6.31. The fourth-order valence-corrected chi connectivity index (χ4v) is 14.0. The number of alkyl halides is 3. The average molecular weight is 721 g/mol. The van der Waals surface area contributed by atoms with E-state index in [-0.39, 0.29) is 45.2 Å². The molecule has 0 radical (unpaired) electrons. The molecule has 274 valence electrons. The van der Waals surface area contributed by atoms with Gasteiger partial charge in [-0.2, -0.15) is 0 Å². The molecule has 0 aliphatic heterocycles. The Morgan fingerprint density at radius 3 is 2.33 bits per heavy atom. The number of ether oxygens (including phenoxy) is 1. The Labute approximate surface area is 305 Å². The Hall–Kier alpha value is -2.93. The molecule has 1 aromatic heterocycles. The first-order chi connectivity index (χ1) is 23.8. The number of aromatic amines is 1. The highest BCUT2D eigenvalue weighted by Crippen LogP contribution is 2.77. The summed E-state index contributed by atoms with van der Waals surface area (Å²) >= 11 is 6.58. The summed E-state index contributed by atoms with van der Waals surface area (Å²) in [7, 11) is 0. The summed E-state index contributed by atoms with van der Waals surface area (Å²) in [5.41, 5.74) is 5.41. The largest absolute Gasteiger partial charge is 0.573 e. The Balaban J connectivity index is 1.13. The number of carbonyl (C=O) groups excluding carboxylic acids is 1. The number of allylic oxidation sites excluding steroid dienone is 1. The number of anilines is 1. The van der Waals surface area contributed by atoms with Gasteiger partial charge in [0.1, 0.15) is 5.75 Å². The van der Waals surface area contributed by atoms with Crippen LogP contribution in [0, 0.1) is 51.2 Å². The maximum absolute atomic E-state index is 14.6. The van der Waals surface area contributed by atoms with Crippen LogP contribution >= 0.6 is 11.6 Å². The number of fused-ring (bicyclic) bond motifs is 10. The quantitative estimate of drug-likeness (QED) is 0.264. The molecule has 4 saturated carbocycles. The van der Waals surface area contributed by atoms with Crippen molar-refractivity contribution in [1.29, 1.82) is 0 Å². The molecule has 0 spiro atoms. The number of hydrogen-bond donors (Lipinski definition) is 2. The topological polar surface area (TPSA) is 54.1 Å². The molecule has 5 aliphatic rings. The Kier molecular flexibility index (Phi) is 7.77. The standard InChI is InChI=1S/C43H52ClF3N2O2/c1-24(2)28-16-19-42(37(50)48-26-9-11-27(12-10-26)51-43(45,46)47)21-20-40(6)31(35(28)42)13-15-34-39(5)23-30-29-22-25(44)8-14-32(29)49-36(30)38(3,4)33(39)17-18-41(34,40)7/h8-12,14,22,28,31,33-35,49H,1,13,15-21,23H2,2-7H3,(H,48,50)/t28-,31?,33?,34?,35?,39-,40+,41+,42-/m0/s1. The molecule has 0 bridgehead atoms. The van der Waals surface area contributed by atoms with Gasteiger partial charge in [0.2, 0.25) is 5.91 Å². The van der Waals surface area contributed by atoms with Crippen LogP contribution < -0.4 is 10.1 Å². The third-order valence-corrected chi connectivity index (χ3v) is 16.3. The molecular weight excluding hydrogens is 669 g/mol. The van der Waals surface area contributed by atoms with E-state index in [1.54, 1.807) is 0 Å². The van der Waals surface area contributed by atoms with Crippen LogP contribution in [0.1, 0.15) is 104 Å². The predicted molar refractivity (Wildman–Crippen MR) is 198 cm³/mol. The molecule has 3 aromatic rings. The summed E-state index contributed by atoms with van der Waals surface area (Å²) in [6, 6.07) is 11.8. The van der Waals surface area contributed by atoms with Gasteiger partial charge in [0, 0.05) is 32.7 Å². The molecular formula is C43H52ClF3N2O2. The average Bonchev–Trinajstić information content (AvgIpc) is 3.61. The SMILES string of the molecule is C=C(C)[C@@H]1CC[C@]2(C(=O)Nc3ccc(OC(F)(F)F)cc3)CC[C@]3(C)C(CCC4[C@@]5(C)Cc6c([nH]c7ccc(Cl)cc67)C(C)(C)C5CC[C@]43C)C12. The van der Waals surface area contributed by atoms with Gasteiger partial charge < -0.3 is 15.0 Å². The van der Waals surface area contributed by atoms with Gasteiger partial charge in [-0.05, 0) is 159 Å². The molecule has 8 rings (SSSR count). The van der Waals surface area contributed by atoms with Crippen LogP contribution in [0.25, 0.3) is 10.9 Å². The van der Waals surface area contributed by atoms with Crippen LogP contribution in [0.3, 0.4) is 0 Å². The molecule has 2 N–H and O–H groups in total. The van der Waals surface area contributed by atoms with E-state index in [4.69, 9.17) is 11.6 Å². The van der Waals surface area contributed by atoms with Crippen LogP contribution in [0.4, 0.5) is 18.9 Å². The minimum absolute atomic E-state index is 0.000290. The summed E-state index contributed by atoms with van der Waals surface area (Å²) in [6.45, 7) is 19.3. The molecule has 1 heterocycles. The van der Waals surface area contributed by atoms with Crippen molar-refractivity contribution in [3.8, 4) is 5.75 Å². The minimum Gasteiger partial charge on any atom is -0.406 e. The van der Waals surface area contributed by atoms with Gasteiger partial charge in [-0.1, -0.05) is 58.4 Å². The molecule has 4 nitrogen and oxygen atoms in total. The van der Waals surface area contributed by atoms with E-state index in [1.165, 1.54) is 59.3 Å². The zero-order valence-corrected chi connectivity index (χ0v) is 31.6. The molecule has 51 heavy (non-hydrogen) atoms. The number of benzene rings is 2. The summed E-state index contributed by atoms with van der Waals surface area (Å²) < 4.78 is 42.4. The number of carbonyl (C=O) groups is 1. The van der Waals surface area contributed by atoms with Gasteiger partial charge in [-0.3, -0.25) is 4.79 Å². The van der Waals surface area contributed by atoms with Gasteiger partial charge in [-0.15, -0.1) is 13.2 Å². The third-order valence-electron chi connectivity index (χ3n) is 16.1. The lowest BCUT2D eigenvalue weighted by atomic mass is 9.32. The van der Waals surface area contributed by atoms with Crippen molar-refractivity contribution >= 4 is 34.1 Å². The molecule has 9 atom stereocenters. The number of hydrogen-bond acceptors (Lipinski definition) is 2. The normalized spacial score (nSPS) is 38.1.